The molecule has 1 saturated heterocycles. The van der Waals surface area contributed by atoms with Crippen LogP contribution in [0.2, 0.25) is 0 Å². The van der Waals surface area contributed by atoms with Gasteiger partial charge in [0.15, 0.2) is 0 Å². The number of hydrogen-bond donors (Lipinski definition) is 4. The van der Waals surface area contributed by atoms with E-state index >= 15 is 0 Å². The molecule has 0 unspecified atom stereocenters. The van der Waals surface area contributed by atoms with Crippen molar-refractivity contribution >= 4 is 52.4 Å². The van der Waals surface area contributed by atoms with Gasteiger partial charge in [0, 0.05) is 54.0 Å². The molecule has 0 amide bonds. The number of nitrogen functional groups attached to an aromatic ring is 1. The third kappa shape index (κ3) is 4.80. The summed E-state index contributed by atoms with van der Waals surface area (Å²) >= 11 is 5.19. The molecule has 4 aromatic rings. The second-order valence-corrected chi connectivity index (χ2v) is 8.43. The number of hydrogen-bond acceptors (Lipinski definition) is 6. The molecule has 0 saturated carbocycles. The number of rotatable bonds is 6. The number of nitrogens with one attached hydrogen (secondary N) is 2. The van der Waals surface area contributed by atoms with Crippen LogP contribution in [0.3, 0.4) is 0 Å². The van der Waals surface area contributed by atoms with E-state index < -0.39 is 0 Å². The van der Waals surface area contributed by atoms with Gasteiger partial charge < -0.3 is 26.1 Å². The number of aromatic amines is 1. The molecule has 1 aliphatic rings. The first-order chi connectivity index (χ1) is 15.6. The van der Waals surface area contributed by atoms with Crippen molar-refractivity contribution in [2.75, 3.05) is 24.3 Å². The normalized spacial score (nSPS) is 14.2. The van der Waals surface area contributed by atoms with Crippen LogP contribution in [0.15, 0.2) is 48.7 Å². The van der Waals surface area contributed by atoms with Gasteiger partial charge in [-0.1, -0.05) is 42.5 Å². The fourth-order valence-corrected chi connectivity index (χ4v) is 4.40. The number of fused-ring (bicyclic) bond motifs is 1. The first-order valence-corrected chi connectivity index (χ1v) is 11.0. The van der Waals surface area contributed by atoms with Gasteiger partial charge in [0.2, 0.25) is 11.9 Å². The van der Waals surface area contributed by atoms with Crippen molar-refractivity contribution in [3.63, 3.8) is 0 Å². The molecule has 0 bridgehead atoms. The SMILES string of the molecule is Cl.NC(=S)c1cccc(-c2cn(C3CCOCC3)c3cc(CNc4n[nH]c(N)n4)ccc23)c1. The third-order valence-corrected chi connectivity index (χ3v) is 6.13. The zero-order valence-electron chi connectivity index (χ0n) is 18.0. The molecule has 1 fully saturated rings. The molecule has 5 rings (SSSR count). The highest BCUT2D eigenvalue weighted by atomic mass is 35.5. The van der Waals surface area contributed by atoms with Gasteiger partial charge >= 0.3 is 0 Å². The lowest BCUT2D eigenvalue weighted by Crippen LogP contribution is -2.19. The van der Waals surface area contributed by atoms with E-state index in [0.29, 0.717) is 29.5 Å². The van der Waals surface area contributed by atoms with Crippen molar-refractivity contribution in [1.29, 1.82) is 0 Å². The Balaban J connectivity index is 0.00000259. The summed E-state index contributed by atoms with van der Waals surface area (Å²) in [5.74, 6) is 0.776. The van der Waals surface area contributed by atoms with E-state index in [1.54, 1.807) is 0 Å². The molecule has 0 aliphatic carbocycles. The lowest BCUT2D eigenvalue weighted by Gasteiger charge is -2.24. The van der Waals surface area contributed by atoms with E-state index in [4.69, 9.17) is 28.4 Å². The molecule has 0 spiro atoms. The summed E-state index contributed by atoms with van der Waals surface area (Å²) in [5.41, 5.74) is 17.0. The van der Waals surface area contributed by atoms with E-state index in [1.807, 2.05) is 12.1 Å². The van der Waals surface area contributed by atoms with E-state index in [2.05, 4.69) is 61.6 Å². The summed E-state index contributed by atoms with van der Waals surface area (Å²) in [6, 6.07) is 15.1. The minimum Gasteiger partial charge on any atom is -0.389 e. The molecule has 2 aromatic carbocycles. The van der Waals surface area contributed by atoms with Crippen molar-refractivity contribution in [2.24, 2.45) is 5.73 Å². The number of benzene rings is 2. The average Bonchev–Trinajstić information content (AvgIpc) is 3.41. The maximum atomic E-state index is 5.88. The lowest BCUT2D eigenvalue weighted by molar-refractivity contribution is 0.0707. The summed E-state index contributed by atoms with van der Waals surface area (Å²) < 4.78 is 8.00. The Morgan fingerprint density at radius 1 is 1.21 bits per heavy atom. The molecule has 10 heteroatoms. The molecule has 0 radical (unpaired) electrons. The summed E-state index contributed by atoms with van der Waals surface area (Å²) in [7, 11) is 0. The quantitative estimate of drug-likeness (QED) is 0.305. The number of aromatic nitrogens is 4. The van der Waals surface area contributed by atoms with Gasteiger partial charge in [-0.3, -0.25) is 0 Å². The van der Waals surface area contributed by atoms with Gasteiger partial charge in [0.1, 0.15) is 4.99 Å². The van der Waals surface area contributed by atoms with Crippen LogP contribution in [0.25, 0.3) is 22.0 Å². The molecule has 0 atom stereocenters. The monoisotopic (exact) mass is 483 g/mol. The molecular formula is C23H26ClN7OS. The fraction of sp³-hybridized carbons (Fsp3) is 0.261. The van der Waals surface area contributed by atoms with E-state index in [0.717, 1.165) is 42.7 Å². The predicted molar refractivity (Wildman–Crippen MR) is 138 cm³/mol. The lowest BCUT2D eigenvalue weighted by atomic mass is 10.0. The van der Waals surface area contributed by atoms with Gasteiger partial charge in [-0.05, 0) is 36.1 Å². The second kappa shape index (κ2) is 9.78. The molecular weight excluding hydrogens is 458 g/mol. The van der Waals surface area contributed by atoms with Crippen molar-refractivity contribution < 1.29 is 4.74 Å². The number of ether oxygens (including phenoxy) is 1. The number of halogens is 1. The van der Waals surface area contributed by atoms with Crippen molar-refractivity contribution in [1.82, 2.24) is 19.7 Å². The maximum absolute atomic E-state index is 5.88. The number of thiocarbonyl (C=S) groups is 1. The molecule has 33 heavy (non-hydrogen) atoms. The zero-order valence-corrected chi connectivity index (χ0v) is 19.6. The Hall–Kier alpha value is -3.14. The van der Waals surface area contributed by atoms with Crippen LogP contribution in [0.4, 0.5) is 11.9 Å². The topological polar surface area (TPSA) is 120 Å². The van der Waals surface area contributed by atoms with Gasteiger partial charge in [-0.2, -0.15) is 4.98 Å². The summed E-state index contributed by atoms with van der Waals surface area (Å²) in [6.07, 6.45) is 4.25. The first-order valence-electron chi connectivity index (χ1n) is 10.6. The van der Waals surface area contributed by atoms with Crippen LogP contribution in [-0.4, -0.2) is 38.0 Å². The summed E-state index contributed by atoms with van der Waals surface area (Å²) in [5, 5.41) is 11.1. The van der Waals surface area contributed by atoms with E-state index in [-0.39, 0.29) is 12.4 Å². The van der Waals surface area contributed by atoms with E-state index in [1.165, 1.54) is 16.5 Å². The molecule has 1 aliphatic heterocycles. The van der Waals surface area contributed by atoms with Crippen LogP contribution >= 0.6 is 24.6 Å². The Labute approximate surface area is 203 Å². The number of anilines is 2. The highest BCUT2D eigenvalue weighted by Gasteiger charge is 2.20. The average molecular weight is 484 g/mol. The number of nitrogens with zero attached hydrogens (tertiary/aromatic N) is 3. The Bertz CT molecular complexity index is 1280. The fourth-order valence-electron chi connectivity index (χ4n) is 4.28. The van der Waals surface area contributed by atoms with Crippen LogP contribution < -0.4 is 16.8 Å². The Morgan fingerprint density at radius 3 is 2.76 bits per heavy atom. The van der Waals surface area contributed by atoms with Gasteiger partial charge in [0.05, 0.1) is 0 Å². The minimum atomic E-state index is 0. The van der Waals surface area contributed by atoms with E-state index in [9.17, 15) is 0 Å². The zero-order chi connectivity index (χ0) is 22.1. The molecule has 3 heterocycles. The van der Waals surface area contributed by atoms with Crippen molar-refractivity contribution in [3.8, 4) is 11.1 Å². The summed E-state index contributed by atoms with van der Waals surface area (Å²) in [4.78, 5) is 4.51. The van der Waals surface area contributed by atoms with Crippen LogP contribution in [0.5, 0.6) is 0 Å². The van der Waals surface area contributed by atoms with Crippen LogP contribution in [0, 0.1) is 0 Å². The highest BCUT2D eigenvalue weighted by molar-refractivity contribution is 7.80. The van der Waals surface area contributed by atoms with Gasteiger partial charge in [-0.15, -0.1) is 17.5 Å². The Kier molecular flexibility index (Phi) is 6.83. The van der Waals surface area contributed by atoms with Gasteiger partial charge in [0.25, 0.3) is 0 Å². The molecule has 172 valence electrons. The molecule has 2 aromatic heterocycles. The largest absolute Gasteiger partial charge is 0.389 e. The van der Waals surface area contributed by atoms with Gasteiger partial charge in [-0.25, -0.2) is 5.10 Å². The summed E-state index contributed by atoms with van der Waals surface area (Å²) in [6.45, 7) is 2.16. The van der Waals surface area contributed by atoms with Crippen molar-refractivity contribution in [3.05, 3.63) is 59.8 Å². The number of H-pyrrole nitrogens is 1. The highest BCUT2D eigenvalue weighted by Crippen LogP contribution is 2.36. The number of nitrogens with two attached hydrogens (primary N) is 2. The smallest absolute Gasteiger partial charge is 0.243 e. The first kappa shape index (κ1) is 23.0. The molecule has 8 nitrogen and oxygen atoms in total. The second-order valence-electron chi connectivity index (χ2n) is 7.99. The van der Waals surface area contributed by atoms with Crippen LogP contribution in [-0.2, 0) is 11.3 Å². The predicted octanol–water partition coefficient (Wildman–Crippen LogP) is 4.03. The standard InChI is InChI=1S/C23H25N7OS.ClH/c24-21(32)16-3-1-2-15(11-16)19-13-30(17-6-8-31-9-7-17)20-10-14(4-5-18(19)20)12-26-23-27-22(25)28-29-23;/h1-5,10-11,13,17H,6-9,12H2,(H2,24,32)(H4,25,26,27,28,29);1H. The molecule has 6 N–H and O–H groups in total. The minimum absolute atomic E-state index is 0. The maximum Gasteiger partial charge on any atom is 0.243 e. The van der Waals surface area contributed by atoms with Crippen LogP contribution in [0.1, 0.15) is 30.0 Å². The third-order valence-electron chi connectivity index (χ3n) is 5.89. The Morgan fingerprint density at radius 2 is 2.03 bits per heavy atom. The van der Waals surface area contributed by atoms with Crippen molar-refractivity contribution in [2.45, 2.75) is 25.4 Å².